The van der Waals surface area contributed by atoms with Crippen LogP contribution in [0.25, 0.3) is 0 Å². The molecule has 20 heavy (non-hydrogen) atoms. The topological polar surface area (TPSA) is 88.4 Å². The molecule has 0 unspecified atom stereocenters. The van der Waals surface area contributed by atoms with Gasteiger partial charge in [-0.05, 0) is 18.4 Å². The summed E-state index contributed by atoms with van der Waals surface area (Å²) < 4.78 is 33.6. The third-order valence-electron chi connectivity index (χ3n) is 2.51. The molecule has 2 rings (SSSR count). The van der Waals surface area contributed by atoms with E-state index in [0.29, 0.717) is 17.2 Å². The van der Waals surface area contributed by atoms with E-state index in [1.807, 2.05) is 0 Å². The maximum absolute atomic E-state index is 11.6. The number of benzene rings is 1. The molecule has 0 bridgehead atoms. The van der Waals surface area contributed by atoms with Crippen molar-refractivity contribution < 1.29 is 17.9 Å². The molecule has 0 saturated heterocycles. The van der Waals surface area contributed by atoms with E-state index in [-0.39, 0.29) is 16.7 Å². The van der Waals surface area contributed by atoms with E-state index in [1.54, 1.807) is 30.5 Å². The largest absolute Gasteiger partial charge is 0.454 e. The summed E-state index contributed by atoms with van der Waals surface area (Å²) in [5.41, 5.74) is 0.620. The number of ether oxygens (including phenoxy) is 2. The molecule has 0 aliphatic carbocycles. The van der Waals surface area contributed by atoms with Crippen LogP contribution in [0, 0.1) is 11.3 Å². The molecule has 0 spiro atoms. The lowest BCUT2D eigenvalue weighted by Crippen LogP contribution is -2.07. The second kappa shape index (κ2) is 5.64. The van der Waals surface area contributed by atoms with E-state index >= 15 is 0 Å². The molecule has 0 atom stereocenters. The summed E-state index contributed by atoms with van der Waals surface area (Å²) in [6, 6.07) is 6.85. The highest BCUT2D eigenvalue weighted by Crippen LogP contribution is 2.35. The van der Waals surface area contributed by atoms with Gasteiger partial charge in [0.2, 0.25) is 6.79 Å². The van der Waals surface area contributed by atoms with Gasteiger partial charge < -0.3 is 14.8 Å². The lowest BCUT2D eigenvalue weighted by Gasteiger charge is -2.10. The molecule has 1 aliphatic heterocycles. The standard InChI is InChI=1S/C12H12N2O4S2/c1-19-12(11(6-13)20(2,15)16)14-8-3-4-9-10(5-8)18-7-17-9/h3-5,14H,7H2,1-2H3/b12-11+. The van der Waals surface area contributed by atoms with Crippen molar-refractivity contribution in [3.63, 3.8) is 0 Å². The minimum atomic E-state index is -3.58. The molecule has 0 fully saturated rings. The predicted molar refractivity (Wildman–Crippen MR) is 77.2 cm³/mol. The first kappa shape index (κ1) is 14.6. The Morgan fingerprint density at radius 1 is 1.40 bits per heavy atom. The van der Waals surface area contributed by atoms with Crippen molar-refractivity contribution in [2.75, 3.05) is 24.6 Å². The molecule has 1 heterocycles. The number of nitriles is 1. The van der Waals surface area contributed by atoms with Gasteiger partial charge in [0.15, 0.2) is 26.2 Å². The Balaban J connectivity index is 2.36. The fraction of sp³-hybridized carbons (Fsp3) is 0.250. The average molecular weight is 312 g/mol. The van der Waals surface area contributed by atoms with Crippen molar-refractivity contribution in [1.29, 1.82) is 5.26 Å². The van der Waals surface area contributed by atoms with Crippen LogP contribution in [0.2, 0.25) is 0 Å². The van der Waals surface area contributed by atoms with Gasteiger partial charge in [-0.15, -0.1) is 11.8 Å². The molecule has 0 radical (unpaired) electrons. The second-order valence-electron chi connectivity index (χ2n) is 3.94. The lowest BCUT2D eigenvalue weighted by atomic mass is 10.3. The molecular formula is C12H12N2O4S2. The Hall–Kier alpha value is -1.85. The molecule has 0 aromatic heterocycles. The van der Waals surface area contributed by atoms with Gasteiger partial charge in [0.25, 0.3) is 0 Å². The van der Waals surface area contributed by atoms with Crippen LogP contribution in [-0.2, 0) is 9.84 Å². The Bertz CT molecular complexity index is 705. The van der Waals surface area contributed by atoms with Crippen LogP contribution in [0.4, 0.5) is 5.69 Å². The molecule has 1 aromatic carbocycles. The molecule has 0 saturated carbocycles. The molecule has 8 heteroatoms. The first-order valence-electron chi connectivity index (χ1n) is 5.51. The van der Waals surface area contributed by atoms with Crippen LogP contribution in [0.1, 0.15) is 0 Å². The van der Waals surface area contributed by atoms with Crippen LogP contribution in [0.5, 0.6) is 11.5 Å². The number of hydrogen-bond donors (Lipinski definition) is 1. The highest BCUT2D eigenvalue weighted by molar-refractivity contribution is 8.04. The van der Waals surface area contributed by atoms with Crippen molar-refractivity contribution in [2.45, 2.75) is 0 Å². The summed E-state index contributed by atoms with van der Waals surface area (Å²) >= 11 is 1.15. The van der Waals surface area contributed by atoms with E-state index in [9.17, 15) is 8.42 Å². The normalized spacial score (nSPS) is 14.4. The molecular weight excluding hydrogens is 300 g/mol. The number of thioether (sulfide) groups is 1. The van der Waals surface area contributed by atoms with Gasteiger partial charge in [0, 0.05) is 18.0 Å². The number of fused-ring (bicyclic) bond motifs is 1. The third-order valence-corrected chi connectivity index (χ3v) is 4.39. The van der Waals surface area contributed by atoms with Crippen molar-refractivity contribution in [1.82, 2.24) is 0 Å². The highest BCUT2D eigenvalue weighted by Gasteiger charge is 2.18. The van der Waals surface area contributed by atoms with Gasteiger partial charge in [-0.1, -0.05) is 0 Å². The lowest BCUT2D eigenvalue weighted by molar-refractivity contribution is 0.174. The molecule has 6 nitrogen and oxygen atoms in total. The van der Waals surface area contributed by atoms with Crippen LogP contribution in [0.15, 0.2) is 28.1 Å². The van der Waals surface area contributed by atoms with Crippen LogP contribution in [-0.4, -0.2) is 27.7 Å². The van der Waals surface area contributed by atoms with Gasteiger partial charge in [-0.2, -0.15) is 5.26 Å². The Morgan fingerprint density at radius 3 is 2.70 bits per heavy atom. The fourth-order valence-corrected chi connectivity index (χ4v) is 3.32. The summed E-state index contributed by atoms with van der Waals surface area (Å²) in [5, 5.41) is 12.2. The maximum Gasteiger partial charge on any atom is 0.231 e. The first-order chi connectivity index (χ1) is 9.45. The van der Waals surface area contributed by atoms with Gasteiger partial charge >= 0.3 is 0 Å². The van der Waals surface area contributed by atoms with Crippen molar-refractivity contribution in [3.8, 4) is 17.6 Å². The summed E-state index contributed by atoms with van der Waals surface area (Å²) in [6.07, 6.45) is 2.70. The Morgan fingerprint density at radius 2 is 2.10 bits per heavy atom. The quantitative estimate of drug-likeness (QED) is 0.850. The van der Waals surface area contributed by atoms with Gasteiger partial charge in [-0.25, -0.2) is 8.42 Å². The molecule has 1 aromatic rings. The highest BCUT2D eigenvalue weighted by atomic mass is 32.2. The van der Waals surface area contributed by atoms with Crippen molar-refractivity contribution >= 4 is 27.3 Å². The van der Waals surface area contributed by atoms with Crippen LogP contribution >= 0.6 is 11.8 Å². The van der Waals surface area contributed by atoms with Gasteiger partial charge in [0.1, 0.15) is 11.1 Å². The number of nitrogens with one attached hydrogen (secondary N) is 1. The number of nitrogens with zero attached hydrogens (tertiary/aromatic N) is 1. The smallest absolute Gasteiger partial charge is 0.231 e. The summed E-state index contributed by atoms with van der Waals surface area (Å²) in [5.74, 6) is 1.21. The molecule has 0 amide bonds. The van der Waals surface area contributed by atoms with Crippen molar-refractivity contribution in [3.05, 3.63) is 28.1 Å². The first-order valence-corrected chi connectivity index (χ1v) is 8.62. The van der Waals surface area contributed by atoms with Crippen LogP contribution < -0.4 is 14.8 Å². The van der Waals surface area contributed by atoms with E-state index in [0.717, 1.165) is 18.0 Å². The Kier molecular flexibility index (Phi) is 4.11. The van der Waals surface area contributed by atoms with Gasteiger partial charge in [0.05, 0.1) is 0 Å². The maximum atomic E-state index is 11.6. The minimum absolute atomic E-state index is 0.163. The zero-order valence-electron chi connectivity index (χ0n) is 10.8. The number of rotatable bonds is 4. The second-order valence-corrected chi connectivity index (χ2v) is 6.71. The Labute approximate surface area is 121 Å². The zero-order chi connectivity index (χ0) is 14.8. The molecule has 1 N–H and O–H groups in total. The van der Waals surface area contributed by atoms with Crippen LogP contribution in [0.3, 0.4) is 0 Å². The van der Waals surface area contributed by atoms with Crippen molar-refractivity contribution in [2.24, 2.45) is 0 Å². The summed E-state index contributed by atoms with van der Waals surface area (Å²) in [6.45, 7) is 0.163. The number of allylic oxidation sites excluding steroid dienone is 1. The monoisotopic (exact) mass is 312 g/mol. The molecule has 1 aliphatic rings. The summed E-state index contributed by atoms with van der Waals surface area (Å²) in [7, 11) is -3.58. The zero-order valence-corrected chi connectivity index (χ0v) is 12.5. The average Bonchev–Trinajstić information content (AvgIpc) is 2.84. The van der Waals surface area contributed by atoms with E-state index in [2.05, 4.69) is 5.32 Å². The predicted octanol–water partition coefficient (Wildman–Crippen LogP) is 1.93. The van der Waals surface area contributed by atoms with E-state index < -0.39 is 9.84 Å². The molecule has 106 valence electrons. The van der Waals surface area contributed by atoms with Gasteiger partial charge in [-0.3, -0.25) is 0 Å². The third kappa shape index (κ3) is 3.00. The fourth-order valence-electron chi connectivity index (χ4n) is 1.61. The minimum Gasteiger partial charge on any atom is -0.454 e. The summed E-state index contributed by atoms with van der Waals surface area (Å²) in [4.78, 5) is -0.289. The van der Waals surface area contributed by atoms with E-state index in [1.165, 1.54) is 0 Å². The SMILES string of the molecule is CS/C(Nc1ccc2c(c1)OCO2)=C(\C#N)S(C)(=O)=O. The number of sulfone groups is 1. The number of anilines is 1. The number of hydrogen-bond acceptors (Lipinski definition) is 7. The van der Waals surface area contributed by atoms with E-state index in [4.69, 9.17) is 14.7 Å².